The van der Waals surface area contributed by atoms with Crippen molar-refractivity contribution in [2.75, 3.05) is 54.6 Å². The Balaban J connectivity index is 1.82. The molecule has 1 aliphatic heterocycles. The van der Waals surface area contributed by atoms with E-state index < -0.39 is 0 Å². The van der Waals surface area contributed by atoms with Crippen LogP contribution in [0.5, 0.6) is 17.2 Å². The third-order valence-electron chi connectivity index (χ3n) is 5.29. The van der Waals surface area contributed by atoms with Crippen LogP contribution < -0.4 is 24.8 Å². The summed E-state index contributed by atoms with van der Waals surface area (Å²) in [7, 11) is 6.70. The molecule has 1 aliphatic rings. The van der Waals surface area contributed by atoms with Gasteiger partial charge in [-0.25, -0.2) is 0 Å². The zero-order valence-electron chi connectivity index (χ0n) is 18.0. The number of ether oxygens (including phenoxy) is 3. The summed E-state index contributed by atoms with van der Waals surface area (Å²) in [5.74, 6) is 3.79. The predicted octanol–water partition coefficient (Wildman–Crippen LogP) is 2.50. The van der Waals surface area contributed by atoms with Gasteiger partial charge < -0.3 is 29.7 Å². The third kappa shape index (κ3) is 6.48. The molecule has 28 heavy (non-hydrogen) atoms. The minimum Gasteiger partial charge on any atom is -0.496 e. The summed E-state index contributed by atoms with van der Waals surface area (Å²) in [5.41, 5.74) is 0.927. The standard InChI is InChI=1S/C21H36N4O3/c1-16-7-11-25(12-8-16)10-6-9-23-21(22-2)24-15-18-19(27-4)13-17(26-3)14-20(18)28-5/h13-14,16H,6-12,15H2,1-5H3,(H2,22,23,24). The third-order valence-corrected chi connectivity index (χ3v) is 5.29. The molecule has 0 amide bonds. The number of likely N-dealkylation sites (tertiary alicyclic amines) is 1. The van der Waals surface area contributed by atoms with Gasteiger partial charge in [0.25, 0.3) is 0 Å². The number of benzene rings is 1. The van der Waals surface area contributed by atoms with Crippen molar-refractivity contribution >= 4 is 5.96 Å². The van der Waals surface area contributed by atoms with Gasteiger partial charge in [-0.05, 0) is 44.8 Å². The highest BCUT2D eigenvalue weighted by molar-refractivity contribution is 5.79. The van der Waals surface area contributed by atoms with Crippen molar-refractivity contribution in [3.63, 3.8) is 0 Å². The molecule has 2 N–H and O–H groups in total. The van der Waals surface area contributed by atoms with Crippen molar-refractivity contribution in [3.05, 3.63) is 17.7 Å². The van der Waals surface area contributed by atoms with Crippen LogP contribution in [-0.4, -0.2) is 65.4 Å². The van der Waals surface area contributed by atoms with E-state index in [9.17, 15) is 0 Å². The number of hydrogen-bond acceptors (Lipinski definition) is 5. The molecule has 7 nitrogen and oxygen atoms in total. The van der Waals surface area contributed by atoms with Gasteiger partial charge in [0.05, 0.1) is 33.4 Å². The fourth-order valence-electron chi connectivity index (χ4n) is 3.44. The first-order chi connectivity index (χ1) is 13.6. The quantitative estimate of drug-likeness (QED) is 0.382. The maximum absolute atomic E-state index is 5.50. The second kappa shape index (κ2) is 11.6. The fourth-order valence-corrected chi connectivity index (χ4v) is 3.44. The van der Waals surface area contributed by atoms with Crippen LogP contribution in [0.2, 0.25) is 0 Å². The average Bonchev–Trinajstić information content (AvgIpc) is 2.73. The van der Waals surface area contributed by atoms with E-state index in [1.165, 1.54) is 25.9 Å². The van der Waals surface area contributed by atoms with Crippen LogP contribution in [0.25, 0.3) is 0 Å². The number of nitrogens with one attached hydrogen (secondary N) is 2. The minimum atomic E-state index is 0.542. The SMILES string of the molecule is CN=C(NCCCN1CCC(C)CC1)NCc1c(OC)cc(OC)cc1OC. The molecular weight excluding hydrogens is 356 g/mol. The van der Waals surface area contributed by atoms with E-state index >= 15 is 0 Å². The maximum atomic E-state index is 5.50. The summed E-state index contributed by atoms with van der Waals surface area (Å²) in [6.07, 6.45) is 3.74. The van der Waals surface area contributed by atoms with Crippen LogP contribution in [0.1, 0.15) is 31.7 Å². The van der Waals surface area contributed by atoms with E-state index in [0.717, 1.165) is 48.5 Å². The fraction of sp³-hybridized carbons (Fsp3) is 0.667. The monoisotopic (exact) mass is 392 g/mol. The average molecular weight is 393 g/mol. The number of hydrogen-bond donors (Lipinski definition) is 2. The number of aliphatic imine (C=N–C) groups is 1. The molecule has 0 atom stereocenters. The van der Waals surface area contributed by atoms with Crippen LogP contribution in [0.4, 0.5) is 0 Å². The van der Waals surface area contributed by atoms with Gasteiger partial charge >= 0.3 is 0 Å². The summed E-state index contributed by atoms with van der Waals surface area (Å²) in [6, 6.07) is 3.71. The van der Waals surface area contributed by atoms with Gasteiger partial charge in [0.15, 0.2) is 5.96 Å². The molecule has 0 aliphatic carbocycles. The highest BCUT2D eigenvalue weighted by Gasteiger charge is 2.15. The first-order valence-electron chi connectivity index (χ1n) is 10.1. The second-order valence-electron chi connectivity index (χ2n) is 7.24. The Hall–Kier alpha value is -2.15. The van der Waals surface area contributed by atoms with Crippen LogP contribution in [0.3, 0.4) is 0 Å². The van der Waals surface area contributed by atoms with Gasteiger partial charge in [-0.15, -0.1) is 0 Å². The van der Waals surface area contributed by atoms with Crippen molar-refractivity contribution in [3.8, 4) is 17.2 Å². The van der Waals surface area contributed by atoms with Crippen LogP contribution in [0, 0.1) is 5.92 Å². The Morgan fingerprint density at radius 3 is 2.25 bits per heavy atom. The van der Waals surface area contributed by atoms with E-state index in [-0.39, 0.29) is 0 Å². The summed E-state index contributed by atoms with van der Waals surface area (Å²) >= 11 is 0. The highest BCUT2D eigenvalue weighted by atomic mass is 16.5. The number of guanidine groups is 1. The maximum Gasteiger partial charge on any atom is 0.191 e. The van der Waals surface area contributed by atoms with E-state index in [1.54, 1.807) is 28.4 Å². The van der Waals surface area contributed by atoms with E-state index in [1.807, 2.05) is 12.1 Å². The largest absolute Gasteiger partial charge is 0.496 e. The van der Waals surface area contributed by atoms with Crippen LogP contribution >= 0.6 is 0 Å². The van der Waals surface area contributed by atoms with Crippen molar-refractivity contribution in [2.45, 2.75) is 32.7 Å². The Kier molecular flexibility index (Phi) is 9.20. The molecule has 1 aromatic rings. The van der Waals surface area contributed by atoms with Crippen molar-refractivity contribution in [1.29, 1.82) is 0 Å². The molecule has 1 aromatic carbocycles. The smallest absolute Gasteiger partial charge is 0.191 e. The van der Waals surface area contributed by atoms with Gasteiger partial charge in [0.2, 0.25) is 0 Å². The molecule has 158 valence electrons. The van der Waals surface area contributed by atoms with E-state index in [0.29, 0.717) is 12.3 Å². The predicted molar refractivity (Wildman–Crippen MR) is 114 cm³/mol. The Labute approximate surface area is 169 Å². The lowest BCUT2D eigenvalue weighted by atomic mass is 9.99. The molecule has 1 saturated heterocycles. The Morgan fingerprint density at radius 2 is 1.71 bits per heavy atom. The highest BCUT2D eigenvalue weighted by Crippen LogP contribution is 2.33. The van der Waals surface area contributed by atoms with Crippen LogP contribution in [0.15, 0.2) is 17.1 Å². The lowest BCUT2D eigenvalue weighted by Crippen LogP contribution is -2.39. The summed E-state index contributed by atoms with van der Waals surface area (Å²) in [6.45, 7) is 7.37. The number of nitrogens with zero attached hydrogens (tertiary/aromatic N) is 2. The molecule has 0 radical (unpaired) electrons. The summed E-state index contributed by atoms with van der Waals surface area (Å²) < 4.78 is 16.3. The van der Waals surface area contributed by atoms with Gasteiger partial charge in [0, 0.05) is 25.7 Å². The Morgan fingerprint density at radius 1 is 1.07 bits per heavy atom. The zero-order valence-corrected chi connectivity index (χ0v) is 18.0. The summed E-state index contributed by atoms with van der Waals surface area (Å²) in [4.78, 5) is 6.88. The lowest BCUT2D eigenvalue weighted by Gasteiger charge is -2.30. The molecule has 1 heterocycles. The lowest BCUT2D eigenvalue weighted by molar-refractivity contribution is 0.191. The first-order valence-corrected chi connectivity index (χ1v) is 10.1. The normalized spacial score (nSPS) is 16.0. The zero-order chi connectivity index (χ0) is 20.4. The molecule has 0 aromatic heterocycles. The molecule has 1 fully saturated rings. The molecular formula is C21H36N4O3. The van der Waals surface area contributed by atoms with E-state index in [4.69, 9.17) is 14.2 Å². The van der Waals surface area contributed by atoms with Gasteiger partial charge in [-0.1, -0.05) is 6.92 Å². The number of piperidine rings is 1. The van der Waals surface area contributed by atoms with Crippen molar-refractivity contribution < 1.29 is 14.2 Å². The first kappa shape index (κ1) is 22.1. The molecule has 2 rings (SSSR count). The molecule has 0 unspecified atom stereocenters. The number of rotatable bonds is 9. The molecule has 7 heteroatoms. The van der Waals surface area contributed by atoms with E-state index in [2.05, 4.69) is 27.4 Å². The summed E-state index contributed by atoms with van der Waals surface area (Å²) in [5, 5.41) is 6.73. The minimum absolute atomic E-state index is 0.542. The van der Waals surface area contributed by atoms with Gasteiger partial charge in [-0.2, -0.15) is 0 Å². The van der Waals surface area contributed by atoms with Gasteiger partial charge in [0.1, 0.15) is 17.2 Å². The van der Waals surface area contributed by atoms with Crippen molar-refractivity contribution in [1.82, 2.24) is 15.5 Å². The van der Waals surface area contributed by atoms with Gasteiger partial charge in [-0.3, -0.25) is 4.99 Å². The number of methoxy groups -OCH3 is 3. The molecule has 0 spiro atoms. The van der Waals surface area contributed by atoms with Crippen LogP contribution in [-0.2, 0) is 6.54 Å². The Bertz CT molecular complexity index is 603. The molecule has 0 saturated carbocycles. The second-order valence-corrected chi connectivity index (χ2v) is 7.24. The molecule has 0 bridgehead atoms. The van der Waals surface area contributed by atoms with Crippen molar-refractivity contribution in [2.24, 2.45) is 10.9 Å². The topological polar surface area (TPSA) is 67.4 Å².